The van der Waals surface area contributed by atoms with Gasteiger partial charge in [-0.05, 0) is 29.7 Å². The van der Waals surface area contributed by atoms with Gasteiger partial charge < -0.3 is 4.57 Å². The van der Waals surface area contributed by atoms with Crippen molar-refractivity contribution >= 4 is 0 Å². The zero-order chi connectivity index (χ0) is 14.7. The molecule has 0 N–H and O–H groups in total. The molecule has 3 heteroatoms. The van der Waals surface area contributed by atoms with E-state index < -0.39 is 0 Å². The zero-order valence-corrected chi connectivity index (χ0v) is 11.8. The van der Waals surface area contributed by atoms with Crippen LogP contribution in [0.5, 0.6) is 0 Å². The summed E-state index contributed by atoms with van der Waals surface area (Å²) in [5, 5.41) is 0. The fraction of sp³-hybridized carbons (Fsp3) is 0.111. The Balaban J connectivity index is 1.82. The summed E-state index contributed by atoms with van der Waals surface area (Å²) in [7, 11) is 0. The van der Waals surface area contributed by atoms with Gasteiger partial charge in [0.15, 0.2) is 0 Å². The molecule has 0 bridgehead atoms. The van der Waals surface area contributed by atoms with Crippen LogP contribution in [0.3, 0.4) is 0 Å². The molecule has 1 aromatic heterocycles. The maximum Gasteiger partial charge on any atom is 0.127 e. The van der Waals surface area contributed by atoms with Gasteiger partial charge in [-0.1, -0.05) is 42.5 Å². The van der Waals surface area contributed by atoms with Crippen LogP contribution in [0.4, 0.5) is 4.39 Å². The van der Waals surface area contributed by atoms with Gasteiger partial charge in [-0.2, -0.15) is 0 Å². The molecule has 2 aromatic carbocycles. The Morgan fingerprint density at radius 2 is 1.95 bits per heavy atom. The van der Waals surface area contributed by atoms with Crippen LogP contribution in [0.2, 0.25) is 0 Å². The van der Waals surface area contributed by atoms with Gasteiger partial charge in [0, 0.05) is 18.9 Å². The van der Waals surface area contributed by atoms with Crippen LogP contribution in [-0.2, 0) is 6.54 Å². The van der Waals surface area contributed by atoms with Gasteiger partial charge in [0.1, 0.15) is 11.6 Å². The number of aromatic nitrogens is 2. The number of benzene rings is 2. The third-order valence-corrected chi connectivity index (χ3v) is 3.38. The fourth-order valence-electron chi connectivity index (χ4n) is 2.26. The summed E-state index contributed by atoms with van der Waals surface area (Å²) in [6.07, 6.45) is 5.42. The number of aryl methyl sites for hydroxylation is 1. The summed E-state index contributed by atoms with van der Waals surface area (Å²) in [6, 6.07) is 15.4. The molecule has 0 saturated carbocycles. The lowest BCUT2D eigenvalue weighted by atomic mass is 10.1. The normalized spacial score (nSPS) is 10.8. The first-order valence-corrected chi connectivity index (χ1v) is 6.88. The molecule has 105 valence electrons. The van der Waals surface area contributed by atoms with E-state index in [9.17, 15) is 4.39 Å². The molecule has 0 aliphatic heterocycles. The van der Waals surface area contributed by atoms with Gasteiger partial charge in [0.05, 0.1) is 6.42 Å². The fourth-order valence-corrected chi connectivity index (χ4v) is 2.26. The first-order valence-electron chi connectivity index (χ1n) is 6.88. The largest absolute Gasteiger partial charge is 0.330 e. The Morgan fingerprint density at radius 3 is 2.71 bits per heavy atom. The Labute approximate surface area is 123 Å². The molecule has 0 aliphatic carbocycles. The van der Waals surface area contributed by atoms with E-state index in [1.165, 1.54) is 11.6 Å². The highest BCUT2D eigenvalue weighted by molar-refractivity contribution is 5.34. The zero-order valence-electron chi connectivity index (χ0n) is 11.8. The van der Waals surface area contributed by atoms with Crippen LogP contribution in [0.1, 0.15) is 22.5 Å². The predicted octanol–water partition coefficient (Wildman–Crippen LogP) is 3.98. The number of hydrogen-bond donors (Lipinski definition) is 0. The molecular weight excluding hydrogens is 263 g/mol. The van der Waals surface area contributed by atoms with Gasteiger partial charge >= 0.3 is 0 Å². The Kier molecular flexibility index (Phi) is 3.82. The molecule has 0 aliphatic rings. The van der Waals surface area contributed by atoms with Gasteiger partial charge in [-0.15, -0.1) is 0 Å². The van der Waals surface area contributed by atoms with Crippen molar-refractivity contribution in [1.29, 1.82) is 0 Å². The van der Waals surface area contributed by atoms with Crippen LogP contribution in [0, 0.1) is 19.2 Å². The highest BCUT2D eigenvalue weighted by atomic mass is 19.1. The topological polar surface area (TPSA) is 17.8 Å². The number of halogens is 1. The lowest BCUT2D eigenvalue weighted by Gasteiger charge is -2.08. The number of rotatable bonds is 4. The second kappa shape index (κ2) is 5.92. The molecular formula is C18H16FN2. The van der Waals surface area contributed by atoms with Crippen molar-refractivity contribution < 1.29 is 4.39 Å². The lowest BCUT2D eigenvalue weighted by Crippen LogP contribution is -2.04. The van der Waals surface area contributed by atoms with Crippen LogP contribution in [-0.4, -0.2) is 9.55 Å². The van der Waals surface area contributed by atoms with Crippen LogP contribution in [0.15, 0.2) is 60.9 Å². The van der Waals surface area contributed by atoms with E-state index in [0.29, 0.717) is 5.56 Å². The van der Waals surface area contributed by atoms with Gasteiger partial charge in [0.25, 0.3) is 0 Å². The third kappa shape index (κ3) is 3.19. The van der Waals surface area contributed by atoms with E-state index >= 15 is 0 Å². The standard InChI is InChI=1S/C18H16FN2/c1-14-7-8-16(17(19)11-14)12-18-20-9-10-21(18)13-15-5-3-2-4-6-15/h2-12H,13H2,1H3. The number of nitrogens with zero attached hydrogens (tertiary/aromatic N) is 2. The van der Waals surface area contributed by atoms with Crippen LogP contribution < -0.4 is 0 Å². The second-order valence-electron chi connectivity index (χ2n) is 5.07. The van der Waals surface area contributed by atoms with E-state index in [1.54, 1.807) is 18.7 Å². The van der Waals surface area contributed by atoms with Crippen molar-refractivity contribution in [3.05, 3.63) is 95.7 Å². The molecule has 1 radical (unpaired) electrons. The summed E-state index contributed by atoms with van der Waals surface area (Å²) >= 11 is 0. The van der Waals surface area contributed by atoms with Crippen molar-refractivity contribution in [3.63, 3.8) is 0 Å². The summed E-state index contributed by atoms with van der Waals surface area (Å²) in [4.78, 5) is 4.31. The third-order valence-electron chi connectivity index (χ3n) is 3.38. The summed E-state index contributed by atoms with van der Waals surface area (Å²) in [5.74, 6) is 0.533. The van der Waals surface area contributed by atoms with Crippen molar-refractivity contribution in [2.75, 3.05) is 0 Å². The molecule has 0 unspecified atom stereocenters. The Morgan fingerprint density at radius 1 is 1.14 bits per heavy atom. The van der Waals surface area contributed by atoms with E-state index in [-0.39, 0.29) is 5.82 Å². The summed E-state index contributed by atoms with van der Waals surface area (Å²) in [6.45, 7) is 2.60. The quantitative estimate of drug-likeness (QED) is 0.706. The summed E-state index contributed by atoms with van der Waals surface area (Å²) in [5.41, 5.74) is 2.66. The van der Waals surface area contributed by atoms with Crippen molar-refractivity contribution in [2.24, 2.45) is 0 Å². The molecule has 1 heterocycles. The van der Waals surface area contributed by atoms with Crippen LogP contribution in [0.25, 0.3) is 0 Å². The molecule has 0 fully saturated rings. The van der Waals surface area contributed by atoms with Gasteiger partial charge in [0.2, 0.25) is 0 Å². The van der Waals surface area contributed by atoms with Gasteiger partial charge in [-0.3, -0.25) is 0 Å². The first kappa shape index (κ1) is 13.6. The number of hydrogen-bond acceptors (Lipinski definition) is 1. The Bertz CT molecular complexity index is 732. The average molecular weight is 279 g/mol. The molecule has 3 rings (SSSR count). The highest BCUT2D eigenvalue weighted by Crippen LogP contribution is 2.16. The molecule has 0 atom stereocenters. The minimum atomic E-state index is -0.218. The smallest absolute Gasteiger partial charge is 0.127 e. The van der Waals surface area contributed by atoms with Crippen LogP contribution >= 0.6 is 0 Å². The maximum atomic E-state index is 13.9. The molecule has 21 heavy (non-hydrogen) atoms. The van der Waals surface area contributed by atoms with Gasteiger partial charge in [-0.25, -0.2) is 9.37 Å². The first-order chi connectivity index (χ1) is 10.2. The molecule has 3 aromatic rings. The van der Waals surface area contributed by atoms with E-state index in [4.69, 9.17) is 0 Å². The molecule has 0 spiro atoms. The lowest BCUT2D eigenvalue weighted by molar-refractivity contribution is 0.618. The SMILES string of the molecule is Cc1ccc([CH]c2nccn2Cc2ccccc2)c(F)c1. The van der Waals surface area contributed by atoms with Crippen molar-refractivity contribution in [3.8, 4) is 0 Å². The van der Waals surface area contributed by atoms with E-state index in [1.807, 2.05) is 42.0 Å². The van der Waals surface area contributed by atoms with E-state index in [2.05, 4.69) is 17.1 Å². The summed E-state index contributed by atoms with van der Waals surface area (Å²) < 4.78 is 15.9. The minimum Gasteiger partial charge on any atom is -0.330 e. The van der Waals surface area contributed by atoms with Crippen molar-refractivity contribution in [1.82, 2.24) is 9.55 Å². The van der Waals surface area contributed by atoms with E-state index in [0.717, 1.165) is 17.9 Å². The van der Waals surface area contributed by atoms with Crippen molar-refractivity contribution in [2.45, 2.75) is 13.5 Å². The Hall–Kier alpha value is -2.42. The molecule has 2 nitrogen and oxygen atoms in total. The minimum absolute atomic E-state index is 0.218. The average Bonchev–Trinajstić information content (AvgIpc) is 2.90. The maximum absolute atomic E-state index is 13.9. The number of imidazole rings is 1. The molecule has 0 amide bonds. The highest BCUT2D eigenvalue weighted by Gasteiger charge is 2.09. The predicted molar refractivity (Wildman–Crippen MR) is 81.4 cm³/mol. The second-order valence-corrected chi connectivity index (χ2v) is 5.07. The monoisotopic (exact) mass is 279 g/mol. The molecule has 0 saturated heterocycles.